The first-order valence-electron chi connectivity index (χ1n) is 9.48. The number of hydrogen-bond donors (Lipinski definition) is 2. The molecule has 1 heterocycles. The number of carbonyl (C=O) groups excluding carboxylic acids is 2. The van der Waals surface area contributed by atoms with Crippen LogP contribution < -0.4 is 10.0 Å². The Morgan fingerprint density at radius 1 is 1.03 bits per heavy atom. The molecule has 3 aromatic rings. The number of para-hydroxylation sites is 2. The molecule has 2 N–H and O–H groups in total. The van der Waals surface area contributed by atoms with Crippen molar-refractivity contribution in [2.45, 2.75) is 31.8 Å². The van der Waals surface area contributed by atoms with Gasteiger partial charge in [0.2, 0.25) is 21.7 Å². The molecule has 0 aliphatic rings. The molecule has 2 aromatic carbocycles. The highest BCUT2D eigenvalue weighted by molar-refractivity contribution is 7.88. The Kier molecular flexibility index (Phi) is 6.63. The maximum Gasteiger partial charge on any atom is 0.266 e. The lowest BCUT2D eigenvalue weighted by Crippen LogP contribution is -2.52. The highest BCUT2D eigenvalue weighted by atomic mass is 32.2. The number of aromatic nitrogens is 1. The van der Waals surface area contributed by atoms with Gasteiger partial charge in [-0.1, -0.05) is 49.4 Å². The van der Waals surface area contributed by atoms with Crippen LogP contribution >= 0.6 is 0 Å². The molecule has 1 aromatic heterocycles. The van der Waals surface area contributed by atoms with Crippen LogP contribution in [0.2, 0.25) is 0 Å². The predicted molar refractivity (Wildman–Crippen MR) is 112 cm³/mol. The number of ketones is 1. The van der Waals surface area contributed by atoms with E-state index in [4.69, 9.17) is 4.42 Å². The van der Waals surface area contributed by atoms with Gasteiger partial charge in [-0.15, -0.1) is 0 Å². The Balaban J connectivity index is 1.78. The topological polar surface area (TPSA) is 118 Å². The van der Waals surface area contributed by atoms with E-state index in [-0.39, 0.29) is 12.3 Å². The van der Waals surface area contributed by atoms with Gasteiger partial charge >= 0.3 is 0 Å². The molecule has 8 nitrogen and oxygen atoms in total. The summed E-state index contributed by atoms with van der Waals surface area (Å²) in [7, 11) is -3.65. The van der Waals surface area contributed by atoms with E-state index in [1.807, 2.05) is 6.07 Å². The van der Waals surface area contributed by atoms with Gasteiger partial charge in [0.25, 0.3) is 5.89 Å². The van der Waals surface area contributed by atoms with Crippen LogP contribution in [0.3, 0.4) is 0 Å². The van der Waals surface area contributed by atoms with Crippen LogP contribution in [0.5, 0.6) is 0 Å². The molecule has 0 bridgehead atoms. The third kappa shape index (κ3) is 5.52. The first kappa shape index (κ1) is 21.7. The normalized spacial score (nSPS) is 13.7. The number of nitrogens with zero attached hydrogens (tertiary/aromatic N) is 1. The zero-order chi connectivity index (χ0) is 21.7. The van der Waals surface area contributed by atoms with Crippen molar-refractivity contribution in [2.24, 2.45) is 0 Å². The number of hydrogen-bond acceptors (Lipinski definition) is 6. The zero-order valence-corrected chi connectivity index (χ0v) is 17.5. The van der Waals surface area contributed by atoms with E-state index < -0.39 is 33.8 Å². The summed E-state index contributed by atoms with van der Waals surface area (Å²) < 4.78 is 31.4. The van der Waals surface area contributed by atoms with Crippen LogP contribution in [0.15, 0.2) is 59.0 Å². The van der Waals surface area contributed by atoms with Crippen molar-refractivity contribution in [1.29, 1.82) is 0 Å². The third-order valence-corrected chi connectivity index (χ3v) is 5.21. The largest absolute Gasteiger partial charge is 0.434 e. The number of oxazole rings is 1. The number of Topliss-reactive ketones (excluding diaryl/α,β-unsaturated/α-hetero) is 1. The van der Waals surface area contributed by atoms with Gasteiger partial charge in [0.15, 0.2) is 5.58 Å². The molecule has 158 valence electrons. The molecule has 3 rings (SSSR count). The van der Waals surface area contributed by atoms with Crippen molar-refractivity contribution in [1.82, 2.24) is 15.0 Å². The monoisotopic (exact) mass is 429 g/mol. The minimum atomic E-state index is -3.65. The number of sulfonamides is 1. The first-order chi connectivity index (χ1) is 14.3. The maximum absolute atomic E-state index is 12.9. The lowest BCUT2D eigenvalue weighted by atomic mass is 10.0. The fraction of sp³-hybridized carbons (Fsp3) is 0.286. The number of carbonyl (C=O) groups is 2. The minimum Gasteiger partial charge on any atom is -0.434 e. The van der Waals surface area contributed by atoms with Gasteiger partial charge in [-0.3, -0.25) is 9.59 Å². The smallest absolute Gasteiger partial charge is 0.266 e. The molecule has 0 radical (unpaired) electrons. The summed E-state index contributed by atoms with van der Waals surface area (Å²) in [4.78, 5) is 29.9. The molecule has 9 heteroatoms. The molecular weight excluding hydrogens is 406 g/mol. The number of benzene rings is 2. The van der Waals surface area contributed by atoms with E-state index in [1.165, 1.54) is 0 Å². The van der Waals surface area contributed by atoms with Crippen LogP contribution in [-0.4, -0.2) is 43.4 Å². The Morgan fingerprint density at radius 3 is 2.33 bits per heavy atom. The van der Waals surface area contributed by atoms with Crippen molar-refractivity contribution in [3.8, 4) is 0 Å². The summed E-state index contributed by atoms with van der Waals surface area (Å²) in [5, 5.41) is 2.64. The fourth-order valence-corrected chi connectivity index (χ4v) is 3.76. The Morgan fingerprint density at radius 2 is 1.70 bits per heavy atom. The molecule has 0 aliphatic heterocycles. The Hall–Kier alpha value is -3.04. The highest BCUT2D eigenvalue weighted by Gasteiger charge is 2.29. The molecule has 0 saturated heterocycles. The highest BCUT2D eigenvalue weighted by Crippen LogP contribution is 2.16. The third-order valence-electron chi connectivity index (χ3n) is 4.50. The van der Waals surface area contributed by atoms with Gasteiger partial charge in [0, 0.05) is 0 Å². The predicted octanol–water partition coefficient (Wildman–Crippen LogP) is 2.07. The summed E-state index contributed by atoms with van der Waals surface area (Å²) >= 11 is 0. The second-order valence-electron chi connectivity index (χ2n) is 6.95. The Labute approximate surface area is 174 Å². The van der Waals surface area contributed by atoms with E-state index in [0.717, 1.165) is 11.8 Å². The van der Waals surface area contributed by atoms with Crippen molar-refractivity contribution >= 4 is 32.8 Å². The molecule has 2 atom stereocenters. The van der Waals surface area contributed by atoms with E-state index in [1.54, 1.807) is 55.5 Å². The van der Waals surface area contributed by atoms with Gasteiger partial charge in [-0.25, -0.2) is 18.1 Å². The number of fused-ring (bicyclic) bond motifs is 1. The summed E-state index contributed by atoms with van der Waals surface area (Å²) in [6, 6.07) is 14.0. The van der Waals surface area contributed by atoms with E-state index in [0.29, 0.717) is 17.5 Å². The summed E-state index contributed by atoms with van der Waals surface area (Å²) in [5.74, 6) is -1.17. The van der Waals surface area contributed by atoms with Crippen LogP contribution in [0.1, 0.15) is 29.6 Å². The average molecular weight is 429 g/mol. The van der Waals surface area contributed by atoms with Gasteiger partial charge in [0.1, 0.15) is 11.6 Å². The van der Waals surface area contributed by atoms with Crippen LogP contribution in [0.25, 0.3) is 11.1 Å². The summed E-state index contributed by atoms with van der Waals surface area (Å²) in [6.07, 6.45) is 1.42. The van der Waals surface area contributed by atoms with Gasteiger partial charge in [-0.05, 0) is 30.5 Å². The number of amides is 1. The summed E-state index contributed by atoms with van der Waals surface area (Å²) in [6.45, 7) is 1.74. The van der Waals surface area contributed by atoms with Crippen LogP contribution in [0.4, 0.5) is 0 Å². The van der Waals surface area contributed by atoms with E-state index >= 15 is 0 Å². The molecule has 0 spiro atoms. The second-order valence-corrected chi connectivity index (χ2v) is 8.73. The lowest BCUT2D eigenvalue weighted by molar-refractivity contribution is -0.123. The molecule has 30 heavy (non-hydrogen) atoms. The molecule has 0 aliphatic carbocycles. The number of rotatable bonds is 9. The van der Waals surface area contributed by atoms with Crippen molar-refractivity contribution in [2.75, 3.05) is 6.26 Å². The average Bonchev–Trinajstić information content (AvgIpc) is 3.15. The maximum atomic E-state index is 12.9. The molecular formula is C21H23N3O5S. The number of nitrogens with one attached hydrogen (secondary N) is 2. The first-order valence-corrected chi connectivity index (χ1v) is 11.4. The standard InChI is InChI=1S/C21H23N3O5S/c1-3-15(19(25)21-23-16-11-7-8-12-18(16)29-21)22-20(26)17(24-30(2,27)28)13-14-9-5-4-6-10-14/h4-12,15,17,24H,3,13H2,1-2H3,(H,22,26)/t15-,17-/m0/s1. The van der Waals surface area contributed by atoms with E-state index in [2.05, 4.69) is 15.0 Å². The van der Waals surface area contributed by atoms with Crippen LogP contribution in [-0.2, 0) is 21.2 Å². The van der Waals surface area contributed by atoms with Gasteiger partial charge in [-0.2, -0.15) is 0 Å². The molecule has 0 saturated carbocycles. The zero-order valence-electron chi connectivity index (χ0n) is 16.7. The van der Waals surface area contributed by atoms with Crippen molar-refractivity contribution in [3.63, 3.8) is 0 Å². The van der Waals surface area contributed by atoms with E-state index in [9.17, 15) is 18.0 Å². The molecule has 0 fully saturated rings. The van der Waals surface area contributed by atoms with Crippen molar-refractivity contribution in [3.05, 3.63) is 66.1 Å². The van der Waals surface area contributed by atoms with Crippen LogP contribution in [0, 0.1) is 0 Å². The van der Waals surface area contributed by atoms with Gasteiger partial charge < -0.3 is 9.73 Å². The second kappa shape index (κ2) is 9.19. The minimum absolute atomic E-state index is 0.0981. The fourth-order valence-electron chi connectivity index (χ4n) is 3.05. The lowest BCUT2D eigenvalue weighted by Gasteiger charge is -2.21. The summed E-state index contributed by atoms with van der Waals surface area (Å²) in [5.41, 5.74) is 1.80. The SMILES string of the molecule is CC[C@H](NC(=O)[C@H](Cc1ccccc1)NS(C)(=O)=O)C(=O)c1nc2ccccc2o1. The molecule has 1 amide bonds. The van der Waals surface area contributed by atoms with Crippen molar-refractivity contribution < 1.29 is 22.4 Å². The quantitative estimate of drug-likeness (QED) is 0.503. The Bertz CT molecular complexity index is 1110. The molecule has 0 unspecified atom stereocenters. The van der Waals surface area contributed by atoms with Gasteiger partial charge in [0.05, 0.1) is 12.3 Å².